The Kier molecular flexibility index (Phi) is 5.57. The first-order valence-electron chi connectivity index (χ1n) is 14.6. The highest BCUT2D eigenvalue weighted by Crippen LogP contribution is 2.77. The van der Waals surface area contributed by atoms with Crippen LogP contribution in [0.3, 0.4) is 0 Å². The number of fused-ring (bicyclic) bond motifs is 7. The monoisotopic (exact) mass is 468 g/mol. The van der Waals surface area contributed by atoms with Gasteiger partial charge in [0.05, 0.1) is 0 Å². The van der Waals surface area contributed by atoms with Gasteiger partial charge in [0.15, 0.2) is 0 Å². The minimum atomic E-state index is -0.108. The van der Waals surface area contributed by atoms with Gasteiger partial charge in [-0.2, -0.15) is 0 Å². The first kappa shape index (κ1) is 24.9. The molecular weight excluding hydrogens is 416 g/mol. The molecule has 0 aliphatic heterocycles. The Morgan fingerprint density at radius 3 is 2.24 bits per heavy atom. The third-order valence-electron chi connectivity index (χ3n) is 13.8. The zero-order chi connectivity index (χ0) is 24.9. The Morgan fingerprint density at radius 2 is 1.56 bits per heavy atom. The largest absolute Gasteiger partial charge is 0.462 e. The van der Waals surface area contributed by atoms with Crippen LogP contribution in [-0.4, -0.2) is 12.1 Å². The van der Waals surface area contributed by atoms with Gasteiger partial charge in [-0.15, -0.1) is 0 Å². The number of hydrogen-bond acceptors (Lipinski definition) is 2. The van der Waals surface area contributed by atoms with Gasteiger partial charge >= 0.3 is 5.97 Å². The van der Waals surface area contributed by atoms with Crippen molar-refractivity contribution in [1.29, 1.82) is 0 Å². The molecule has 0 aromatic carbocycles. The second-order valence-electron chi connectivity index (χ2n) is 15.3. The lowest BCUT2D eigenvalue weighted by Gasteiger charge is -2.73. The zero-order valence-corrected chi connectivity index (χ0v) is 23.6. The minimum Gasteiger partial charge on any atom is -0.462 e. The predicted octanol–water partition coefficient (Wildman–Crippen LogP) is 8.60. The van der Waals surface area contributed by atoms with E-state index in [2.05, 4.69) is 55.0 Å². The van der Waals surface area contributed by atoms with E-state index in [9.17, 15) is 4.79 Å². The summed E-state index contributed by atoms with van der Waals surface area (Å²) in [6.07, 6.45) is 13.2. The van der Waals surface area contributed by atoms with E-state index in [0.717, 1.165) is 24.2 Å². The molecular formula is C32H52O2. The van der Waals surface area contributed by atoms with Crippen molar-refractivity contribution in [3.63, 3.8) is 0 Å². The van der Waals surface area contributed by atoms with Gasteiger partial charge in [0.1, 0.15) is 6.10 Å². The highest BCUT2D eigenvalue weighted by atomic mass is 16.5. The first-order valence-corrected chi connectivity index (χ1v) is 14.6. The van der Waals surface area contributed by atoms with Gasteiger partial charge in [-0.3, -0.25) is 4.79 Å². The van der Waals surface area contributed by atoms with Crippen molar-refractivity contribution in [2.75, 3.05) is 0 Å². The van der Waals surface area contributed by atoms with Gasteiger partial charge < -0.3 is 4.74 Å². The standard InChI is InChI=1S/C32H52O2/c1-20-12-15-29(6)18-19-31(8)23(27(29)21(20)2)10-11-25-30(7)16-14-26(34-22(3)33)28(4,5)24(30)13-17-32(25,31)9/h21,23-27H,1,10-19H2,2-9H3/t21-,23-,24-,25-,26-,27-,29-,30+,31-,32-/m1/s1. The third kappa shape index (κ3) is 3.08. The molecule has 0 unspecified atom stereocenters. The summed E-state index contributed by atoms with van der Waals surface area (Å²) < 4.78 is 5.91. The van der Waals surface area contributed by atoms with Crippen molar-refractivity contribution >= 4 is 5.97 Å². The molecule has 0 aromatic rings. The van der Waals surface area contributed by atoms with E-state index in [-0.39, 0.29) is 17.5 Å². The molecule has 0 radical (unpaired) electrons. The third-order valence-corrected chi connectivity index (χ3v) is 13.8. The van der Waals surface area contributed by atoms with Crippen LogP contribution in [0.1, 0.15) is 120 Å². The van der Waals surface area contributed by atoms with Crippen LogP contribution in [0.15, 0.2) is 12.2 Å². The second kappa shape index (κ2) is 7.61. The Bertz CT molecular complexity index is 872. The smallest absolute Gasteiger partial charge is 0.302 e. The summed E-state index contributed by atoms with van der Waals surface area (Å²) in [4.78, 5) is 11.9. The van der Waals surface area contributed by atoms with Gasteiger partial charge in [-0.05, 0) is 115 Å². The van der Waals surface area contributed by atoms with Crippen LogP contribution in [0.4, 0.5) is 0 Å². The van der Waals surface area contributed by atoms with Crippen LogP contribution in [0.25, 0.3) is 0 Å². The molecule has 0 aromatic heterocycles. The molecule has 192 valence electrons. The Hall–Kier alpha value is -0.790. The maximum atomic E-state index is 11.9. The summed E-state index contributed by atoms with van der Waals surface area (Å²) >= 11 is 0. The molecule has 0 heterocycles. The van der Waals surface area contributed by atoms with Crippen LogP contribution in [0, 0.1) is 56.7 Å². The summed E-state index contributed by atoms with van der Waals surface area (Å²) in [6.45, 7) is 24.2. The molecule has 5 saturated carbocycles. The topological polar surface area (TPSA) is 26.3 Å². The van der Waals surface area contributed by atoms with Crippen LogP contribution in [0.2, 0.25) is 0 Å². The molecule has 5 fully saturated rings. The van der Waals surface area contributed by atoms with Gasteiger partial charge in [0.2, 0.25) is 0 Å². The molecule has 0 N–H and O–H groups in total. The highest BCUT2D eigenvalue weighted by Gasteiger charge is 2.70. The Labute approximate surface area is 210 Å². The lowest BCUT2D eigenvalue weighted by Crippen LogP contribution is -2.67. The van der Waals surface area contributed by atoms with E-state index >= 15 is 0 Å². The SMILES string of the molecule is C=C1CC[C@]2(C)CC[C@]3(C)[C@H](CC[C@@H]4[C@@]5(C)CC[C@@H](OC(C)=O)C(C)(C)[C@H]5CC[C@]43C)[C@H]2[C@@H]1C. The predicted molar refractivity (Wildman–Crippen MR) is 140 cm³/mol. The maximum Gasteiger partial charge on any atom is 0.302 e. The fourth-order valence-electron chi connectivity index (χ4n) is 11.8. The average Bonchev–Trinajstić information content (AvgIpc) is 2.74. The van der Waals surface area contributed by atoms with Crippen molar-refractivity contribution in [2.45, 2.75) is 126 Å². The molecule has 10 atom stereocenters. The van der Waals surface area contributed by atoms with Crippen LogP contribution in [0.5, 0.6) is 0 Å². The van der Waals surface area contributed by atoms with Crippen LogP contribution >= 0.6 is 0 Å². The van der Waals surface area contributed by atoms with Crippen molar-refractivity contribution in [3.05, 3.63) is 12.2 Å². The fourth-order valence-corrected chi connectivity index (χ4v) is 11.8. The summed E-state index contributed by atoms with van der Waals surface area (Å²) in [5.41, 5.74) is 3.28. The maximum absolute atomic E-state index is 11.9. The molecule has 34 heavy (non-hydrogen) atoms. The fraction of sp³-hybridized carbons (Fsp3) is 0.906. The summed E-state index contributed by atoms with van der Waals surface area (Å²) in [7, 11) is 0. The van der Waals surface area contributed by atoms with Gasteiger partial charge in [-0.25, -0.2) is 0 Å². The van der Waals surface area contributed by atoms with E-state index < -0.39 is 0 Å². The van der Waals surface area contributed by atoms with Crippen LogP contribution in [-0.2, 0) is 9.53 Å². The minimum absolute atomic E-state index is 0.0541. The van der Waals surface area contributed by atoms with E-state index in [0.29, 0.717) is 33.5 Å². The van der Waals surface area contributed by atoms with E-state index in [4.69, 9.17) is 4.74 Å². The average molecular weight is 469 g/mol. The molecule has 5 aliphatic rings. The molecule has 5 rings (SSSR count). The highest BCUT2D eigenvalue weighted by molar-refractivity contribution is 5.66. The van der Waals surface area contributed by atoms with Crippen molar-refractivity contribution in [1.82, 2.24) is 0 Å². The zero-order valence-electron chi connectivity index (χ0n) is 23.6. The van der Waals surface area contributed by atoms with Gasteiger partial charge in [0.25, 0.3) is 0 Å². The molecule has 0 amide bonds. The summed E-state index contributed by atoms with van der Waals surface area (Å²) in [5.74, 6) is 3.64. The van der Waals surface area contributed by atoms with Gasteiger partial charge in [-0.1, -0.05) is 60.6 Å². The lowest BCUT2D eigenvalue weighted by atomic mass is 9.31. The lowest BCUT2D eigenvalue weighted by molar-refractivity contribution is -0.253. The normalized spacial score (nSPS) is 54.2. The number of ether oxygens (including phenoxy) is 1. The van der Waals surface area contributed by atoms with Gasteiger partial charge in [0, 0.05) is 12.3 Å². The first-order chi connectivity index (χ1) is 15.7. The van der Waals surface area contributed by atoms with E-state index in [1.165, 1.54) is 63.4 Å². The second-order valence-corrected chi connectivity index (χ2v) is 15.3. The number of carbonyl (C=O) groups excluding carboxylic acids is 1. The molecule has 5 aliphatic carbocycles. The van der Waals surface area contributed by atoms with E-state index in [1.54, 1.807) is 6.92 Å². The Morgan fingerprint density at radius 1 is 0.853 bits per heavy atom. The molecule has 2 heteroatoms. The molecule has 0 spiro atoms. The number of carbonyl (C=O) groups is 1. The van der Waals surface area contributed by atoms with Crippen molar-refractivity contribution < 1.29 is 9.53 Å². The number of allylic oxidation sites excluding steroid dienone is 1. The molecule has 0 saturated heterocycles. The van der Waals surface area contributed by atoms with Crippen molar-refractivity contribution in [3.8, 4) is 0 Å². The molecule has 2 nitrogen and oxygen atoms in total. The van der Waals surface area contributed by atoms with Crippen molar-refractivity contribution in [2.24, 2.45) is 56.7 Å². The summed E-state index contributed by atoms with van der Waals surface area (Å²) in [5, 5.41) is 0. The summed E-state index contributed by atoms with van der Waals surface area (Å²) in [6, 6.07) is 0. The van der Waals surface area contributed by atoms with Crippen LogP contribution < -0.4 is 0 Å². The molecule has 0 bridgehead atoms. The Balaban J connectivity index is 1.50. The van der Waals surface area contributed by atoms with E-state index in [1.807, 2.05) is 0 Å². The number of hydrogen-bond donors (Lipinski definition) is 0. The quantitative estimate of drug-likeness (QED) is 0.284. The number of rotatable bonds is 1. The number of esters is 1.